The lowest BCUT2D eigenvalue weighted by Gasteiger charge is -2.24. The number of hydrogen-bond acceptors (Lipinski definition) is 4. The number of rotatable bonds is 11. The summed E-state index contributed by atoms with van der Waals surface area (Å²) in [5.74, 6) is 1.01. The summed E-state index contributed by atoms with van der Waals surface area (Å²) < 4.78 is 10.9. The Morgan fingerprint density at radius 1 is 1.03 bits per heavy atom. The minimum Gasteiger partial charge on any atom is -0.497 e. The lowest BCUT2D eigenvalue weighted by Crippen LogP contribution is -2.33. The number of carbonyl (C=O) groups excluding carboxylic acids is 2. The topological polar surface area (TPSA) is 103 Å². The van der Waals surface area contributed by atoms with Crippen molar-refractivity contribution >= 4 is 17.6 Å². The standard InChI is InChI=1S/C27H39N3O4/c1-7-8-9-10-19(21-13-12-20(33-5)16-24(21)34-6)17-29-26(32)30-23-15-18(25(28)31)11-14-22(23)27(2,3)4/h11-16,19H,7-10,17H2,1-6H3,(H2,28,31)(H2,29,30,32). The summed E-state index contributed by atoms with van der Waals surface area (Å²) in [5, 5.41) is 5.94. The van der Waals surface area contributed by atoms with E-state index < -0.39 is 5.91 Å². The molecular formula is C27H39N3O4. The Hall–Kier alpha value is -3.22. The third-order valence-electron chi connectivity index (χ3n) is 5.91. The van der Waals surface area contributed by atoms with Gasteiger partial charge in [0.15, 0.2) is 0 Å². The van der Waals surface area contributed by atoms with E-state index >= 15 is 0 Å². The molecule has 0 aliphatic rings. The van der Waals surface area contributed by atoms with Gasteiger partial charge in [0.1, 0.15) is 11.5 Å². The first kappa shape index (κ1) is 27.0. The highest BCUT2D eigenvalue weighted by atomic mass is 16.5. The molecule has 0 fully saturated rings. The van der Waals surface area contributed by atoms with Crippen molar-refractivity contribution in [3.05, 3.63) is 53.1 Å². The van der Waals surface area contributed by atoms with E-state index in [1.54, 1.807) is 26.4 Å². The monoisotopic (exact) mass is 469 g/mol. The molecule has 7 nitrogen and oxygen atoms in total. The minimum atomic E-state index is -0.536. The molecule has 34 heavy (non-hydrogen) atoms. The van der Waals surface area contributed by atoms with Gasteiger partial charge in [-0.25, -0.2) is 4.79 Å². The molecule has 7 heteroatoms. The number of amides is 3. The second-order valence-electron chi connectivity index (χ2n) is 9.51. The van der Waals surface area contributed by atoms with Gasteiger partial charge in [0.2, 0.25) is 5.91 Å². The van der Waals surface area contributed by atoms with Crippen molar-refractivity contribution in [3.8, 4) is 11.5 Å². The van der Waals surface area contributed by atoms with Crippen molar-refractivity contribution in [2.45, 2.75) is 64.7 Å². The first-order valence-electron chi connectivity index (χ1n) is 11.8. The van der Waals surface area contributed by atoms with Crippen LogP contribution >= 0.6 is 0 Å². The first-order chi connectivity index (χ1) is 16.1. The van der Waals surface area contributed by atoms with E-state index in [9.17, 15) is 9.59 Å². The minimum absolute atomic E-state index is 0.0807. The second-order valence-corrected chi connectivity index (χ2v) is 9.51. The molecule has 0 spiro atoms. The molecule has 1 atom stereocenters. The average molecular weight is 470 g/mol. The maximum atomic E-state index is 12.9. The van der Waals surface area contributed by atoms with Gasteiger partial charge < -0.3 is 25.8 Å². The van der Waals surface area contributed by atoms with Crippen LogP contribution in [0, 0.1) is 0 Å². The molecule has 0 radical (unpaired) electrons. The molecule has 0 aromatic heterocycles. The SMILES string of the molecule is CCCCCC(CNC(=O)Nc1cc(C(N)=O)ccc1C(C)(C)C)c1ccc(OC)cc1OC. The number of primary amides is 1. The Bertz CT molecular complexity index is 982. The van der Waals surface area contributed by atoms with Gasteiger partial charge in [-0.15, -0.1) is 0 Å². The molecule has 2 aromatic carbocycles. The fraction of sp³-hybridized carbons (Fsp3) is 0.481. The number of carbonyl (C=O) groups is 2. The molecular weight excluding hydrogens is 430 g/mol. The van der Waals surface area contributed by atoms with Crippen LogP contribution in [0.15, 0.2) is 36.4 Å². The van der Waals surface area contributed by atoms with Crippen molar-refractivity contribution in [3.63, 3.8) is 0 Å². The zero-order valence-electron chi connectivity index (χ0n) is 21.3. The highest BCUT2D eigenvalue weighted by Gasteiger charge is 2.22. The number of methoxy groups -OCH3 is 2. The largest absolute Gasteiger partial charge is 0.497 e. The molecule has 3 amide bonds. The van der Waals surface area contributed by atoms with Gasteiger partial charge in [-0.3, -0.25) is 4.79 Å². The van der Waals surface area contributed by atoms with E-state index in [1.165, 1.54) is 0 Å². The Morgan fingerprint density at radius 3 is 2.35 bits per heavy atom. The predicted molar refractivity (Wildman–Crippen MR) is 137 cm³/mol. The molecule has 186 valence electrons. The van der Waals surface area contributed by atoms with Gasteiger partial charge >= 0.3 is 6.03 Å². The van der Waals surface area contributed by atoms with Crippen molar-refractivity contribution in [2.24, 2.45) is 5.73 Å². The van der Waals surface area contributed by atoms with Crippen molar-refractivity contribution in [2.75, 3.05) is 26.1 Å². The van der Waals surface area contributed by atoms with Gasteiger partial charge in [0, 0.05) is 29.8 Å². The van der Waals surface area contributed by atoms with E-state index in [0.717, 1.165) is 48.3 Å². The molecule has 1 unspecified atom stereocenters. The molecule has 2 rings (SSSR count). The number of nitrogens with one attached hydrogen (secondary N) is 2. The van der Waals surface area contributed by atoms with Crippen LogP contribution in [0.1, 0.15) is 80.8 Å². The second kappa shape index (κ2) is 12.3. The van der Waals surface area contributed by atoms with Gasteiger partial charge in [-0.2, -0.15) is 0 Å². The van der Waals surface area contributed by atoms with E-state index in [4.69, 9.17) is 15.2 Å². The summed E-state index contributed by atoms with van der Waals surface area (Å²) in [4.78, 5) is 24.6. The number of unbranched alkanes of at least 4 members (excludes halogenated alkanes) is 2. The molecule has 0 bridgehead atoms. The van der Waals surface area contributed by atoms with E-state index in [-0.39, 0.29) is 17.4 Å². The highest BCUT2D eigenvalue weighted by molar-refractivity contribution is 5.96. The van der Waals surface area contributed by atoms with Crippen LogP contribution in [0.5, 0.6) is 11.5 Å². The van der Waals surface area contributed by atoms with Crippen LogP contribution < -0.4 is 25.8 Å². The Kier molecular flexibility index (Phi) is 9.78. The Balaban J connectivity index is 2.22. The van der Waals surface area contributed by atoms with Crippen molar-refractivity contribution < 1.29 is 19.1 Å². The van der Waals surface area contributed by atoms with Crippen LogP contribution in [-0.2, 0) is 5.41 Å². The van der Waals surface area contributed by atoms with Crippen LogP contribution in [0.3, 0.4) is 0 Å². The number of hydrogen-bond donors (Lipinski definition) is 3. The molecule has 0 heterocycles. The zero-order chi connectivity index (χ0) is 25.3. The summed E-state index contributed by atoms with van der Waals surface area (Å²) in [5.41, 5.74) is 8.11. The predicted octanol–water partition coefficient (Wildman–Crippen LogP) is 5.59. The van der Waals surface area contributed by atoms with E-state index in [0.29, 0.717) is 17.8 Å². The lowest BCUT2D eigenvalue weighted by atomic mass is 9.85. The van der Waals surface area contributed by atoms with E-state index in [1.807, 2.05) is 24.3 Å². The highest BCUT2D eigenvalue weighted by Crippen LogP contribution is 2.34. The maximum Gasteiger partial charge on any atom is 0.319 e. The van der Waals surface area contributed by atoms with Crippen LogP contribution in [-0.4, -0.2) is 32.7 Å². The van der Waals surface area contributed by atoms with Gasteiger partial charge in [0.05, 0.1) is 14.2 Å². The quantitative estimate of drug-likeness (QED) is 0.374. The van der Waals surface area contributed by atoms with Crippen LogP contribution in [0.2, 0.25) is 0 Å². The molecule has 2 aromatic rings. The van der Waals surface area contributed by atoms with Crippen molar-refractivity contribution in [1.29, 1.82) is 0 Å². The third-order valence-corrected chi connectivity index (χ3v) is 5.91. The zero-order valence-corrected chi connectivity index (χ0v) is 21.3. The first-order valence-corrected chi connectivity index (χ1v) is 11.8. The number of benzene rings is 2. The normalized spacial score (nSPS) is 12.1. The third kappa shape index (κ3) is 7.40. The molecule has 0 saturated carbocycles. The molecule has 0 aliphatic carbocycles. The van der Waals surface area contributed by atoms with Gasteiger partial charge in [-0.05, 0) is 41.2 Å². The summed E-state index contributed by atoms with van der Waals surface area (Å²) in [6.07, 6.45) is 4.21. The Labute approximate surface area is 203 Å². The van der Waals surface area contributed by atoms with Gasteiger partial charge in [0.25, 0.3) is 0 Å². The Morgan fingerprint density at radius 2 is 1.76 bits per heavy atom. The summed E-state index contributed by atoms with van der Waals surface area (Å²) >= 11 is 0. The number of urea groups is 1. The number of nitrogens with two attached hydrogens (primary N) is 1. The fourth-order valence-electron chi connectivity index (χ4n) is 4.00. The smallest absolute Gasteiger partial charge is 0.319 e. The number of anilines is 1. The summed E-state index contributed by atoms with van der Waals surface area (Å²) in [7, 11) is 3.26. The van der Waals surface area contributed by atoms with Crippen molar-refractivity contribution in [1.82, 2.24) is 5.32 Å². The van der Waals surface area contributed by atoms with Crippen LogP contribution in [0.4, 0.5) is 10.5 Å². The van der Waals surface area contributed by atoms with Gasteiger partial charge in [-0.1, -0.05) is 59.1 Å². The molecule has 0 saturated heterocycles. The maximum absolute atomic E-state index is 12.9. The fourth-order valence-corrected chi connectivity index (χ4v) is 4.00. The van der Waals surface area contributed by atoms with Crippen LogP contribution in [0.25, 0.3) is 0 Å². The molecule has 0 aliphatic heterocycles. The molecule has 4 N–H and O–H groups in total. The summed E-state index contributed by atoms with van der Waals surface area (Å²) in [6.45, 7) is 8.76. The number of ether oxygens (including phenoxy) is 2. The summed E-state index contributed by atoms with van der Waals surface area (Å²) in [6, 6.07) is 10.6. The van der Waals surface area contributed by atoms with E-state index in [2.05, 4.69) is 38.3 Å². The lowest BCUT2D eigenvalue weighted by molar-refractivity contribution is 0.1000. The average Bonchev–Trinajstić information content (AvgIpc) is 2.80.